The molecule has 0 aliphatic carbocycles. The molecule has 9 heteroatoms. The van der Waals surface area contributed by atoms with Crippen molar-refractivity contribution in [2.75, 3.05) is 11.9 Å². The Morgan fingerprint density at radius 1 is 1.21 bits per heavy atom. The number of anilines is 1. The van der Waals surface area contributed by atoms with Crippen LogP contribution in [0, 0.1) is 0 Å². The highest BCUT2D eigenvalue weighted by atomic mass is 32.1. The van der Waals surface area contributed by atoms with Crippen molar-refractivity contribution < 1.29 is 19.2 Å². The first kappa shape index (κ1) is 19.6. The predicted octanol–water partition coefficient (Wildman–Crippen LogP) is 1.95. The van der Waals surface area contributed by atoms with Gasteiger partial charge in [-0.15, -0.1) is 0 Å². The van der Waals surface area contributed by atoms with Crippen molar-refractivity contribution in [1.82, 2.24) is 16.0 Å². The van der Waals surface area contributed by atoms with Crippen molar-refractivity contribution in [3.63, 3.8) is 0 Å². The van der Waals surface area contributed by atoms with Crippen molar-refractivity contribution in [3.8, 4) is 0 Å². The van der Waals surface area contributed by atoms with Gasteiger partial charge in [0.05, 0.1) is 0 Å². The summed E-state index contributed by atoms with van der Waals surface area (Å²) in [5, 5.41) is 13.9. The molecular weight excluding hydrogens is 380 g/mol. The van der Waals surface area contributed by atoms with Crippen LogP contribution in [0.5, 0.6) is 0 Å². The van der Waals surface area contributed by atoms with E-state index >= 15 is 0 Å². The van der Waals surface area contributed by atoms with E-state index < -0.39 is 17.5 Å². The summed E-state index contributed by atoms with van der Waals surface area (Å²) in [6, 6.07) is 7.97. The molecule has 146 valence electrons. The van der Waals surface area contributed by atoms with Gasteiger partial charge < -0.3 is 16.0 Å². The van der Waals surface area contributed by atoms with Gasteiger partial charge in [-0.1, -0.05) is 12.1 Å². The third-order valence-electron chi connectivity index (χ3n) is 4.42. The fourth-order valence-electron chi connectivity index (χ4n) is 2.82. The number of benzene rings is 1. The Labute approximate surface area is 165 Å². The molecule has 1 saturated heterocycles. The number of urea groups is 1. The molecule has 1 aromatic heterocycles. The summed E-state index contributed by atoms with van der Waals surface area (Å²) in [4.78, 5) is 47.4. The van der Waals surface area contributed by atoms with Crippen LogP contribution in [0.25, 0.3) is 0 Å². The minimum Gasteiger partial charge on any atom is -0.352 e. The van der Waals surface area contributed by atoms with Crippen LogP contribution < -0.4 is 21.3 Å². The molecule has 0 spiro atoms. The lowest BCUT2D eigenvalue weighted by Gasteiger charge is -2.21. The highest BCUT2D eigenvalue weighted by molar-refractivity contribution is 7.08. The average Bonchev–Trinajstić information content (AvgIpc) is 3.28. The molecule has 8 nitrogen and oxygen atoms in total. The quantitative estimate of drug-likeness (QED) is 0.420. The fourth-order valence-corrected chi connectivity index (χ4v) is 3.46. The third-order valence-corrected chi connectivity index (χ3v) is 5.10. The van der Waals surface area contributed by atoms with Gasteiger partial charge in [0.1, 0.15) is 5.54 Å². The van der Waals surface area contributed by atoms with Crippen LogP contribution >= 0.6 is 11.3 Å². The Kier molecular flexibility index (Phi) is 5.74. The van der Waals surface area contributed by atoms with E-state index in [0.29, 0.717) is 29.8 Å². The second kappa shape index (κ2) is 8.22. The van der Waals surface area contributed by atoms with Gasteiger partial charge in [0.15, 0.2) is 0 Å². The lowest BCUT2D eigenvalue weighted by atomic mass is 9.92. The van der Waals surface area contributed by atoms with Crippen molar-refractivity contribution >= 4 is 40.8 Å². The summed E-state index contributed by atoms with van der Waals surface area (Å²) in [6.45, 7) is 2.00. The largest absolute Gasteiger partial charge is 0.352 e. The molecule has 4 N–H and O–H groups in total. The Hall–Kier alpha value is -3.20. The van der Waals surface area contributed by atoms with E-state index in [1.165, 1.54) is 11.3 Å². The average molecular weight is 400 g/mol. The molecule has 2 heterocycles. The first-order valence-corrected chi connectivity index (χ1v) is 9.67. The van der Waals surface area contributed by atoms with E-state index in [1.807, 2.05) is 5.38 Å². The first-order chi connectivity index (χ1) is 13.4. The van der Waals surface area contributed by atoms with Gasteiger partial charge in [0, 0.05) is 29.6 Å². The molecule has 3 rings (SSSR count). The van der Waals surface area contributed by atoms with E-state index in [9.17, 15) is 19.2 Å². The van der Waals surface area contributed by atoms with Crippen molar-refractivity contribution in [2.45, 2.75) is 25.3 Å². The zero-order chi connectivity index (χ0) is 20.1. The molecule has 0 bridgehead atoms. The second-order valence-electron chi connectivity index (χ2n) is 6.53. The van der Waals surface area contributed by atoms with Crippen molar-refractivity contribution in [3.05, 3.63) is 52.2 Å². The highest BCUT2D eigenvalue weighted by Gasteiger charge is 2.43. The number of carbonyl (C=O) groups is 4. The third kappa shape index (κ3) is 4.37. The van der Waals surface area contributed by atoms with E-state index in [4.69, 9.17) is 0 Å². The maximum atomic E-state index is 12.1. The van der Waals surface area contributed by atoms with Crippen LogP contribution in [-0.2, 0) is 15.1 Å². The molecule has 1 atom stereocenters. The van der Waals surface area contributed by atoms with E-state index in [1.54, 1.807) is 42.6 Å². The molecule has 1 aliphatic heterocycles. The number of hydrogen-bond acceptors (Lipinski definition) is 5. The summed E-state index contributed by atoms with van der Waals surface area (Å²) >= 11 is 1.45. The normalized spacial score (nSPS) is 18.3. The molecule has 2 aromatic rings. The first-order valence-electron chi connectivity index (χ1n) is 8.73. The van der Waals surface area contributed by atoms with E-state index in [-0.39, 0.29) is 18.2 Å². The minimum atomic E-state index is -1.18. The number of thiophene rings is 1. The summed E-state index contributed by atoms with van der Waals surface area (Å²) in [5.41, 5.74) is 0.531. The molecular formula is C19H20N4O4S. The van der Waals surface area contributed by atoms with E-state index in [2.05, 4.69) is 21.3 Å². The Morgan fingerprint density at radius 3 is 2.71 bits per heavy atom. The molecule has 1 aliphatic rings. The molecule has 1 aromatic carbocycles. The standard InChI is InChI=1S/C19H20N4O4S/c1-19(17(26)22-18(27)23-19)13-4-2-5-14(10-13)21-15(24)6-3-8-20-16(25)12-7-9-28-11-12/h2,4-5,7,9-11H,3,6,8H2,1H3,(H,20,25)(H,21,24)(H2,22,23,26,27)/t19-/m0/s1. The molecule has 5 amide bonds. The summed E-state index contributed by atoms with van der Waals surface area (Å²) in [7, 11) is 0. The van der Waals surface area contributed by atoms with Gasteiger partial charge in [0.2, 0.25) is 5.91 Å². The molecule has 1 fully saturated rings. The maximum absolute atomic E-state index is 12.1. The molecule has 0 unspecified atom stereocenters. The number of nitrogens with one attached hydrogen (secondary N) is 4. The molecule has 28 heavy (non-hydrogen) atoms. The zero-order valence-corrected chi connectivity index (χ0v) is 16.0. The van der Waals surface area contributed by atoms with Crippen molar-refractivity contribution in [1.29, 1.82) is 0 Å². The van der Waals surface area contributed by atoms with Crippen LogP contribution in [-0.4, -0.2) is 30.3 Å². The van der Waals surface area contributed by atoms with Gasteiger partial charge in [-0.25, -0.2) is 4.79 Å². The zero-order valence-electron chi connectivity index (χ0n) is 15.2. The number of imide groups is 1. The number of hydrogen-bond donors (Lipinski definition) is 4. The van der Waals surface area contributed by atoms with E-state index in [0.717, 1.165) is 0 Å². The van der Waals surface area contributed by atoms with Crippen LogP contribution in [0.3, 0.4) is 0 Å². The number of rotatable bonds is 7. The minimum absolute atomic E-state index is 0.153. The number of carbonyl (C=O) groups excluding carboxylic acids is 4. The Balaban J connectivity index is 1.50. The summed E-state index contributed by atoms with van der Waals surface area (Å²) < 4.78 is 0. The van der Waals surface area contributed by atoms with Gasteiger partial charge in [-0.3, -0.25) is 19.7 Å². The smallest absolute Gasteiger partial charge is 0.322 e. The monoisotopic (exact) mass is 400 g/mol. The molecule has 0 saturated carbocycles. The van der Waals surface area contributed by atoms with Gasteiger partial charge in [-0.2, -0.15) is 11.3 Å². The van der Waals surface area contributed by atoms with Crippen LogP contribution in [0.15, 0.2) is 41.1 Å². The Morgan fingerprint density at radius 2 is 2.04 bits per heavy atom. The lowest BCUT2D eigenvalue weighted by Crippen LogP contribution is -2.40. The van der Waals surface area contributed by atoms with Crippen molar-refractivity contribution in [2.24, 2.45) is 0 Å². The molecule has 0 radical (unpaired) electrons. The predicted molar refractivity (Wildman–Crippen MR) is 105 cm³/mol. The second-order valence-corrected chi connectivity index (χ2v) is 7.31. The van der Waals surface area contributed by atoms with Crippen LogP contribution in [0.1, 0.15) is 35.7 Å². The number of amides is 5. The SMILES string of the molecule is C[C@@]1(c2cccc(NC(=O)CCCNC(=O)c3ccsc3)c2)NC(=O)NC1=O. The van der Waals surface area contributed by atoms with Crippen LogP contribution in [0.2, 0.25) is 0 Å². The van der Waals surface area contributed by atoms with Crippen LogP contribution in [0.4, 0.5) is 10.5 Å². The highest BCUT2D eigenvalue weighted by Crippen LogP contribution is 2.26. The maximum Gasteiger partial charge on any atom is 0.322 e. The van der Waals surface area contributed by atoms with Gasteiger partial charge in [0.25, 0.3) is 11.8 Å². The lowest BCUT2D eigenvalue weighted by molar-refractivity contribution is -0.123. The summed E-state index contributed by atoms with van der Waals surface area (Å²) in [6.07, 6.45) is 0.736. The van der Waals surface area contributed by atoms with Gasteiger partial charge in [-0.05, 0) is 42.5 Å². The Bertz CT molecular complexity index is 912. The summed E-state index contributed by atoms with van der Waals surface area (Å²) in [5.74, 6) is -0.797. The fraction of sp³-hybridized carbons (Fsp3) is 0.263. The topological polar surface area (TPSA) is 116 Å². The van der Waals surface area contributed by atoms with Gasteiger partial charge >= 0.3 is 6.03 Å².